The van der Waals surface area contributed by atoms with Gasteiger partial charge >= 0.3 is 5.97 Å². The Kier molecular flexibility index (Phi) is 13.8. The van der Waals surface area contributed by atoms with Gasteiger partial charge in [-0.05, 0) is 71.5 Å². The van der Waals surface area contributed by atoms with Crippen LogP contribution in [0.3, 0.4) is 0 Å². The van der Waals surface area contributed by atoms with Crippen LogP contribution in [0.15, 0.2) is 0 Å². The predicted octanol–water partition coefficient (Wildman–Crippen LogP) is 2.26. The Hall–Kier alpha value is -0.730. The van der Waals surface area contributed by atoms with Gasteiger partial charge in [0.1, 0.15) is 0 Å². The first kappa shape index (κ1) is 27.3. The van der Waals surface area contributed by atoms with E-state index >= 15 is 0 Å². The number of aliphatic hydroxyl groups is 2. The number of nitrogens with one attached hydrogen (secondary N) is 3. The summed E-state index contributed by atoms with van der Waals surface area (Å²) >= 11 is 0. The van der Waals surface area contributed by atoms with Crippen molar-refractivity contribution in [2.45, 2.75) is 108 Å². The lowest BCUT2D eigenvalue weighted by Gasteiger charge is -2.33. The van der Waals surface area contributed by atoms with Crippen molar-refractivity contribution in [2.24, 2.45) is 5.92 Å². The second kappa shape index (κ2) is 15.1. The zero-order valence-electron chi connectivity index (χ0n) is 19.5. The van der Waals surface area contributed by atoms with Crippen molar-refractivity contribution in [3.63, 3.8) is 0 Å². The summed E-state index contributed by atoms with van der Waals surface area (Å²) in [5.74, 6) is -0.279. The predicted molar refractivity (Wildman–Crippen MR) is 122 cm³/mol. The quantitative estimate of drug-likeness (QED) is 0.197. The summed E-state index contributed by atoms with van der Waals surface area (Å²) in [4.78, 5) is 11.0. The monoisotopic (exact) mass is 429 g/mol. The van der Waals surface area contributed by atoms with Crippen LogP contribution in [-0.4, -0.2) is 71.8 Å². The summed E-state index contributed by atoms with van der Waals surface area (Å²) in [6.07, 6.45) is 9.82. The third-order valence-corrected chi connectivity index (χ3v) is 6.49. The molecule has 1 heterocycles. The van der Waals surface area contributed by atoms with E-state index in [1.165, 1.54) is 19.3 Å². The lowest BCUT2D eigenvalue weighted by atomic mass is 9.88. The Labute approximate surface area is 183 Å². The molecule has 0 aliphatic carbocycles. The van der Waals surface area contributed by atoms with Gasteiger partial charge in [0.15, 0.2) is 0 Å². The summed E-state index contributed by atoms with van der Waals surface area (Å²) in [6.45, 7) is 6.12. The number of piperidine rings is 1. The van der Waals surface area contributed by atoms with Crippen molar-refractivity contribution >= 4 is 5.97 Å². The molecule has 0 spiro atoms. The SMILES string of the molecule is CCNC[C@@](O)(CCCCCC[C@H](CC[C@@H]1CC[C@@H](O)[C@H](C)N1)CNC)CC(=O)O. The van der Waals surface area contributed by atoms with E-state index in [0.717, 1.165) is 51.6 Å². The molecule has 7 heteroatoms. The number of aliphatic carboxylic acids is 1. The van der Waals surface area contributed by atoms with Gasteiger partial charge in [-0.1, -0.05) is 32.6 Å². The van der Waals surface area contributed by atoms with Gasteiger partial charge in [0.25, 0.3) is 0 Å². The molecule has 0 bridgehead atoms. The Morgan fingerprint density at radius 2 is 1.93 bits per heavy atom. The highest BCUT2D eigenvalue weighted by molar-refractivity contribution is 5.68. The number of carboxylic acid groups (broad SMARTS) is 1. The molecule has 6 N–H and O–H groups in total. The van der Waals surface area contributed by atoms with Crippen LogP contribution in [0.1, 0.15) is 84.5 Å². The number of likely N-dealkylation sites (N-methyl/N-ethyl adjacent to an activating group) is 1. The molecule has 30 heavy (non-hydrogen) atoms. The number of carbonyl (C=O) groups is 1. The van der Waals surface area contributed by atoms with Crippen LogP contribution in [0.5, 0.6) is 0 Å². The molecule has 0 aromatic rings. The van der Waals surface area contributed by atoms with Crippen LogP contribution >= 0.6 is 0 Å². The van der Waals surface area contributed by atoms with Crippen LogP contribution in [0, 0.1) is 5.92 Å². The molecule has 1 fully saturated rings. The van der Waals surface area contributed by atoms with Crippen molar-refractivity contribution < 1.29 is 20.1 Å². The minimum Gasteiger partial charge on any atom is -0.481 e. The van der Waals surface area contributed by atoms with Gasteiger partial charge < -0.3 is 31.3 Å². The lowest BCUT2D eigenvalue weighted by molar-refractivity contribution is -0.142. The zero-order valence-corrected chi connectivity index (χ0v) is 19.5. The topological polar surface area (TPSA) is 114 Å². The summed E-state index contributed by atoms with van der Waals surface area (Å²) in [5, 5.41) is 39.5. The molecule has 7 nitrogen and oxygen atoms in total. The Bertz CT molecular complexity index is 466. The van der Waals surface area contributed by atoms with Crippen LogP contribution in [-0.2, 0) is 4.79 Å². The second-order valence-electron chi connectivity index (χ2n) is 9.33. The van der Waals surface area contributed by atoms with Gasteiger partial charge in [-0.2, -0.15) is 0 Å². The first-order chi connectivity index (χ1) is 14.3. The Morgan fingerprint density at radius 3 is 2.57 bits per heavy atom. The van der Waals surface area contributed by atoms with Crippen molar-refractivity contribution in [1.29, 1.82) is 0 Å². The van der Waals surface area contributed by atoms with Crippen molar-refractivity contribution in [2.75, 3.05) is 26.7 Å². The number of hydrogen-bond donors (Lipinski definition) is 6. The summed E-state index contributed by atoms with van der Waals surface area (Å²) < 4.78 is 0. The molecular formula is C23H47N3O4. The van der Waals surface area contributed by atoms with Crippen molar-refractivity contribution in [3.8, 4) is 0 Å². The minimum absolute atomic E-state index is 0.193. The highest BCUT2D eigenvalue weighted by atomic mass is 16.4. The van der Waals surface area contributed by atoms with E-state index < -0.39 is 11.6 Å². The molecule has 1 aliphatic heterocycles. The van der Waals surface area contributed by atoms with Crippen LogP contribution in [0.25, 0.3) is 0 Å². The number of rotatable bonds is 17. The second-order valence-corrected chi connectivity index (χ2v) is 9.33. The van der Waals surface area contributed by atoms with Gasteiger partial charge in [0.05, 0.1) is 18.1 Å². The van der Waals surface area contributed by atoms with E-state index in [4.69, 9.17) is 5.11 Å². The average molecular weight is 430 g/mol. The molecule has 1 rings (SSSR count). The molecule has 0 radical (unpaired) electrons. The van der Waals surface area contributed by atoms with E-state index in [1.807, 2.05) is 14.0 Å². The van der Waals surface area contributed by atoms with Gasteiger partial charge in [0.2, 0.25) is 0 Å². The fraction of sp³-hybridized carbons (Fsp3) is 0.957. The van der Waals surface area contributed by atoms with Crippen molar-refractivity contribution in [3.05, 3.63) is 0 Å². The minimum atomic E-state index is -1.14. The first-order valence-corrected chi connectivity index (χ1v) is 12.0. The van der Waals surface area contributed by atoms with E-state index in [1.54, 1.807) is 0 Å². The maximum absolute atomic E-state index is 11.0. The van der Waals surface area contributed by atoms with Crippen LogP contribution < -0.4 is 16.0 Å². The molecule has 1 aliphatic rings. The molecule has 0 unspecified atom stereocenters. The molecule has 178 valence electrons. The van der Waals surface area contributed by atoms with Gasteiger partial charge in [-0.25, -0.2) is 0 Å². The normalized spacial score (nSPS) is 25.0. The molecule has 0 aromatic carbocycles. The summed E-state index contributed by atoms with van der Waals surface area (Å²) in [5.41, 5.74) is -1.14. The summed E-state index contributed by atoms with van der Waals surface area (Å²) in [6, 6.07) is 0.713. The number of aliphatic hydroxyl groups excluding tert-OH is 1. The summed E-state index contributed by atoms with van der Waals surface area (Å²) in [7, 11) is 2.01. The number of hydrogen-bond acceptors (Lipinski definition) is 6. The van der Waals surface area contributed by atoms with Gasteiger partial charge in [0, 0.05) is 18.6 Å². The first-order valence-electron chi connectivity index (χ1n) is 12.0. The van der Waals surface area contributed by atoms with Gasteiger partial charge in [-0.3, -0.25) is 4.79 Å². The fourth-order valence-corrected chi connectivity index (χ4v) is 4.61. The smallest absolute Gasteiger partial charge is 0.306 e. The van der Waals surface area contributed by atoms with E-state index in [0.29, 0.717) is 24.9 Å². The molecule has 0 saturated carbocycles. The average Bonchev–Trinajstić information content (AvgIpc) is 2.69. The van der Waals surface area contributed by atoms with E-state index in [9.17, 15) is 15.0 Å². The molecular weight excluding hydrogens is 382 g/mol. The maximum atomic E-state index is 11.0. The molecule has 1 saturated heterocycles. The lowest BCUT2D eigenvalue weighted by Crippen LogP contribution is -2.48. The highest BCUT2D eigenvalue weighted by Gasteiger charge is 2.29. The fourth-order valence-electron chi connectivity index (χ4n) is 4.61. The van der Waals surface area contributed by atoms with Gasteiger partial charge in [-0.15, -0.1) is 0 Å². The highest BCUT2D eigenvalue weighted by Crippen LogP contribution is 2.23. The standard InChI is InChI=1S/C23H47N3O4/c1-4-25-17-23(30,15-22(28)29)14-8-6-5-7-9-19(16-24-3)10-11-20-12-13-21(27)18(2)26-20/h18-21,24-27,30H,4-17H2,1-3H3,(H,28,29)/t18-,19+,20+,21+,23+/m0/s1. The third kappa shape index (κ3) is 11.6. The zero-order chi connectivity index (χ0) is 22.4. The number of carboxylic acids is 1. The Morgan fingerprint density at radius 1 is 1.20 bits per heavy atom. The Balaban J connectivity index is 2.24. The largest absolute Gasteiger partial charge is 0.481 e. The maximum Gasteiger partial charge on any atom is 0.306 e. The molecule has 0 aromatic heterocycles. The van der Waals surface area contributed by atoms with E-state index in [-0.39, 0.29) is 18.6 Å². The van der Waals surface area contributed by atoms with Crippen molar-refractivity contribution in [1.82, 2.24) is 16.0 Å². The van der Waals surface area contributed by atoms with Crippen LogP contribution in [0.2, 0.25) is 0 Å². The third-order valence-electron chi connectivity index (χ3n) is 6.49. The van der Waals surface area contributed by atoms with E-state index in [2.05, 4.69) is 22.9 Å². The number of unbranched alkanes of at least 4 members (excludes halogenated alkanes) is 3. The molecule has 5 atom stereocenters. The molecule has 0 amide bonds. The van der Waals surface area contributed by atoms with Crippen LogP contribution in [0.4, 0.5) is 0 Å².